The van der Waals surface area contributed by atoms with Crippen molar-refractivity contribution >= 4 is 12.1 Å². The van der Waals surface area contributed by atoms with Gasteiger partial charge < -0.3 is 33.7 Å². The summed E-state index contributed by atoms with van der Waals surface area (Å²) in [6.07, 6.45) is -3.93. The van der Waals surface area contributed by atoms with Gasteiger partial charge in [-0.05, 0) is 17.3 Å². The molecule has 0 bridgehead atoms. The highest BCUT2D eigenvalue weighted by molar-refractivity contribution is 5.76. The Kier molecular flexibility index (Phi) is 8.75. The third kappa shape index (κ3) is 6.59. The summed E-state index contributed by atoms with van der Waals surface area (Å²) < 4.78 is 76.5. The smallest absolute Gasteiger partial charge is 0.415 e. The van der Waals surface area contributed by atoms with Crippen LogP contribution in [0.1, 0.15) is 23.4 Å². The van der Waals surface area contributed by atoms with Crippen LogP contribution in [0.4, 0.5) is 27.2 Å². The summed E-state index contributed by atoms with van der Waals surface area (Å²) in [5, 5.41) is 20.6. The van der Waals surface area contributed by atoms with Crippen molar-refractivity contribution in [3.63, 3.8) is 0 Å². The number of carbonyl (C=O) groups excluding carboxylic acids is 2. The summed E-state index contributed by atoms with van der Waals surface area (Å²) in [5.41, 5.74) is -1.55. The topological polar surface area (TPSA) is 163 Å². The van der Waals surface area contributed by atoms with Gasteiger partial charge in [0.25, 0.3) is 5.89 Å². The number of nitrogens with one attached hydrogen (secondary N) is 1. The van der Waals surface area contributed by atoms with Crippen LogP contribution in [0.3, 0.4) is 0 Å². The number of amides is 3. The first-order valence-electron chi connectivity index (χ1n) is 13.9. The summed E-state index contributed by atoms with van der Waals surface area (Å²) >= 11 is 0. The number of aromatic nitrogens is 6. The lowest BCUT2D eigenvalue weighted by atomic mass is 10.0. The summed E-state index contributed by atoms with van der Waals surface area (Å²) in [5.74, 6) is -3.64. The van der Waals surface area contributed by atoms with Gasteiger partial charge in [0.1, 0.15) is 11.6 Å². The summed E-state index contributed by atoms with van der Waals surface area (Å²) in [6.45, 7) is 1.05. The Morgan fingerprint density at radius 2 is 1.70 bits per heavy atom. The van der Waals surface area contributed by atoms with Crippen molar-refractivity contribution in [2.24, 2.45) is 0 Å². The van der Waals surface area contributed by atoms with E-state index in [0.29, 0.717) is 31.9 Å². The van der Waals surface area contributed by atoms with Gasteiger partial charge in [-0.25, -0.2) is 18.4 Å². The maximum atomic E-state index is 14.8. The molecule has 2 aliphatic rings. The van der Waals surface area contributed by atoms with Crippen molar-refractivity contribution in [1.82, 2.24) is 45.5 Å². The van der Waals surface area contributed by atoms with Crippen molar-refractivity contribution in [3.05, 3.63) is 71.1 Å². The monoisotopic (exact) mass is 647 g/mol. The van der Waals surface area contributed by atoms with E-state index in [0.717, 1.165) is 16.9 Å². The predicted octanol–water partition coefficient (Wildman–Crippen LogP) is 2.71. The molecule has 2 fully saturated rings. The van der Waals surface area contributed by atoms with Crippen molar-refractivity contribution in [1.29, 1.82) is 0 Å². The van der Waals surface area contributed by atoms with Gasteiger partial charge >= 0.3 is 24.6 Å². The molecule has 242 valence electrons. The van der Waals surface area contributed by atoms with Crippen LogP contribution in [0.2, 0.25) is 0 Å². The van der Waals surface area contributed by atoms with E-state index in [4.69, 9.17) is 18.6 Å². The van der Waals surface area contributed by atoms with Gasteiger partial charge in [0.2, 0.25) is 5.89 Å². The molecule has 0 saturated carbocycles. The Morgan fingerprint density at radius 3 is 2.39 bits per heavy atom. The van der Waals surface area contributed by atoms with Gasteiger partial charge in [-0.2, -0.15) is 13.6 Å². The fourth-order valence-electron chi connectivity index (χ4n) is 4.86. The van der Waals surface area contributed by atoms with Crippen LogP contribution in [0.15, 0.2) is 46.9 Å². The number of ether oxygens (including phenoxy) is 3. The second kappa shape index (κ2) is 13.1. The van der Waals surface area contributed by atoms with Gasteiger partial charge in [0.05, 0.1) is 32.9 Å². The fraction of sp³-hybridized carbons (Fsp3) is 0.370. The van der Waals surface area contributed by atoms with Gasteiger partial charge in [0.15, 0.2) is 5.72 Å². The van der Waals surface area contributed by atoms with Gasteiger partial charge in [-0.3, -0.25) is 0 Å². The van der Waals surface area contributed by atoms with E-state index in [9.17, 15) is 27.2 Å². The van der Waals surface area contributed by atoms with Crippen LogP contribution < -0.4 is 10.1 Å². The summed E-state index contributed by atoms with van der Waals surface area (Å²) in [7, 11) is 0. The van der Waals surface area contributed by atoms with Crippen LogP contribution >= 0.6 is 0 Å². The molecule has 4 aromatic rings. The minimum Gasteiger partial charge on any atom is -0.415 e. The van der Waals surface area contributed by atoms with Crippen molar-refractivity contribution in [3.8, 4) is 17.5 Å². The number of halogens is 4. The molecule has 19 heteroatoms. The number of urea groups is 1. The Hall–Kier alpha value is -5.17. The molecule has 2 aromatic heterocycles. The van der Waals surface area contributed by atoms with E-state index in [1.165, 1.54) is 4.90 Å². The number of morpholine rings is 2. The lowest BCUT2D eigenvalue weighted by molar-refractivity contribution is -0.122. The summed E-state index contributed by atoms with van der Waals surface area (Å²) in [4.78, 5) is 30.0. The second-order valence-corrected chi connectivity index (χ2v) is 10.1. The normalized spacial score (nSPS) is 18.5. The maximum Gasteiger partial charge on any atom is 0.418 e. The molecule has 1 atom stereocenters. The minimum atomic E-state index is -3.05. The molecule has 2 saturated heterocycles. The number of rotatable bonds is 7. The average molecular weight is 648 g/mol. The molecular weight excluding hydrogens is 622 g/mol. The molecule has 1 N–H and O–H groups in total. The zero-order chi connectivity index (χ0) is 32.3. The van der Waals surface area contributed by atoms with Gasteiger partial charge in [-0.15, -0.1) is 10.2 Å². The van der Waals surface area contributed by atoms with E-state index in [1.807, 2.05) is 0 Å². The third-order valence-corrected chi connectivity index (χ3v) is 7.16. The first-order chi connectivity index (χ1) is 22.2. The van der Waals surface area contributed by atoms with Crippen molar-refractivity contribution in [2.45, 2.75) is 18.7 Å². The number of benzene rings is 2. The number of carbonyl (C=O) groups is 2. The predicted molar refractivity (Wildman–Crippen MR) is 144 cm³/mol. The average Bonchev–Trinajstić information content (AvgIpc) is 3.74. The lowest BCUT2D eigenvalue weighted by Gasteiger charge is -2.43. The molecule has 1 unspecified atom stereocenters. The lowest BCUT2D eigenvalue weighted by Crippen LogP contribution is -2.63. The standard InChI is InChI=1S/C27H25F4N9O6/c28-19-12-16(22-33-34-23(45-22)21(30)31)13-20(29)18(19)14-40-36-24(35-37-40)46-26(42)39-8-11-44-27(15-39,17-4-2-1-3-5-17)32-25(41)38-6-9-43-10-7-38/h1-5,12-13,21H,6-11,14-15H2,(H,32,41). The molecule has 2 aromatic carbocycles. The Labute approximate surface area is 257 Å². The third-order valence-electron chi connectivity index (χ3n) is 7.16. The molecule has 0 spiro atoms. The van der Waals surface area contributed by atoms with Crippen LogP contribution in [0.5, 0.6) is 6.01 Å². The van der Waals surface area contributed by atoms with E-state index < -0.39 is 65.8 Å². The molecule has 2 aliphatic heterocycles. The molecule has 46 heavy (non-hydrogen) atoms. The fourth-order valence-corrected chi connectivity index (χ4v) is 4.86. The van der Waals surface area contributed by atoms with Crippen LogP contribution in [-0.2, 0) is 21.7 Å². The highest BCUT2D eigenvalue weighted by Gasteiger charge is 2.43. The van der Waals surface area contributed by atoms with Crippen LogP contribution in [-0.4, -0.2) is 98.3 Å². The SMILES string of the molecule is O=C(NC1(c2ccccc2)CN(C(=O)Oc2nnn(Cc3c(F)cc(-c4nnc(C(F)F)o4)cc3F)n2)CCO1)N1CCOCC1. The summed E-state index contributed by atoms with van der Waals surface area (Å²) in [6, 6.07) is 9.63. The van der Waals surface area contributed by atoms with E-state index in [2.05, 4.69) is 30.9 Å². The van der Waals surface area contributed by atoms with Crippen molar-refractivity contribution < 1.29 is 45.8 Å². The Morgan fingerprint density at radius 1 is 0.978 bits per heavy atom. The first-order valence-corrected chi connectivity index (χ1v) is 13.9. The maximum absolute atomic E-state index is 14.8. The first kappa shape index (κ1) is 30.8. The Bertz CT molecular complexity index is 1680. The molecular formula is C27H25F4N9O6. The zero-order valence-electron chi connectivity index (χ0n) is 23.8. The Balaban J connectivity index is 1.13. The molecule has 15 nitrogen and oxygen atoms in total. The van der Waals surface area contributed by atoms with Crippen molar-refractivity contribution in [2.75, 3.05) is 46.0 Å². The number of tetrazole rings is 1. The number of alkyl halides is 2. The number of hydrogen-bond acceptors (Lipinski definition) is 11. The number of hydrogen-bond donors (Lipinski definition) is 1. The molecule has 6 rings (SSSR count). The molecule has 0 radical (unpaired) electrons. The van der Waals surface area contributed by atoms with Gasteiger partial charge in [0, 0.05) is 36.3 Å². The van der Waals surface area contributed by atoms with E-state index in [-0.39, 0.29) is 25.3 Å². The molecule has 4 heterocycles. The second-order valence-electron chi connectivity index (χ2n) is 10.1. The molecule has 0 aliphatic carbocycles. The molecule has 3 amide bonds. The zero-order valence-corrected chi connectivity index (χ0v) is 23.8. The van der Waals surface area contributed by atoms with E-state index >= 15 is 0 Å². The van der Waals surface area contributed by atoms with E-state index in [1.54, 1.807) is 35.2 Å². The van der Waals surface area contributed by atoms with Crippen LogP contribution in [0, 0.1) is 11.6 Å². The quantitative estimate of drug-likeness (QED) is 0.294. The highest BCUT2D eigenvalue weighted by atomic mass is 19.3. The largest absolute Gasteiger partial charge is 0.418 e. The van der Waals surface area contributed by atoms with Crippen LogP contribution in [0.25, 0.3) is 11.5 Å². The highest BCUT2D eigenvalue weighted by Crippen LogP contribution is 2.29. The minimum absolute atomic E-state index is 0.0507. The number of nitrogens with zero attached hydrogens (tertiary/aromatic N) is 8. The van der Waals surface area contributed by atoms with Gasteiger partial charge in [-0.1, -0.05) is 40.5 Å².